The van der Waals surface area contributed by atoms with Gasteiger partial charge in [0.05, 0.1) is 17.0 Å². The molecule has 0 saturated carbocycles. The first-order chi connectivity index (χ1) is 11.9. The molecule has 3 aromatic rings. The lowest BCUT2D eigenvalue weighted by atomic mass is 10.0. The Hall–Kier alpha value is -3.15. The molecule has 0 bridgehead atoms. The van der Waals surface area contributed by atoms with Gasteiger partial charge in [0.1, 0.15) is 0 Å². The van der Waals surface area contributed by atoms with E-state index in [-0.39, 0.29) is 12.1 Å². The number of carbonyl (C=O) groups is 1. The Bertz CT molecular complexity index is 921. The van der Waals surface area contributed by atoms with Crippen LogP contribution in [0, 0.1) is 0 Å². The molecule has 0 aliphatic carbocycles. The highest BCUT2D eigenvalue weighted by Crippen LogP contribution is 2.26. The highest BCUT2D eigenvalue weighted by atomic mass is 16.5. The summed E-state index contributed by atoms with van der Waals surface area (Å²) < 4.78 is 5.77. The molecule has 6 nitrogen and oxygen atoms in total. The number of ether oxygens (including phenoxy) is 1. The Labute approximate surface area is 145 Å². The van der Waals surface area contributed by atoms with Crippen molar-refractivity contribution in [2.45, 2.75) is 26.4 Å². The van der Waals surface area contributed by atoms with Crippen LogP contribution in [0.15, 0.2) is 42.5 Å². The molecule has 2 aromatic carbocycles. The van der Waals surface area contributed by atoms with E-state index in [0.717, 1.165) is 22.0 Å². The third kappa shape index (κ3) is 3.85. The van der Waals surface area contributed by atoms with Crippen molar-refractivity contribution in [1.82, 2.24) is 9.97 Å². The van der Waals surface area contributed by atoms with E-state index in [2.05, 4.69) is 9.97 Å². The maximum atomic E-state index is 11.2. The Morgan fingerprint density at radius 3 is 2.40 bits per heavy atom. The number of anilines is 1. The molecule has 1 aromatic heterocycles. The summed E-state index contributed by atoms with van der Waals surface area (Å²) in [5, 5.41) is 0.828. The summed E-state index contributed by atoms with van der Waals surface area (Å²) >= 11 is 0. The summed E-state index contributed by atoms with van der Waals surface area (Å²) in [5.74, 6) is 0.254. The molecule has 0 radical (unpaired) electrons. The van der Waals surface area contributed by atoms with Crippen molar-refractivity contribution in [3.8, 4) is 5.88 Å². The number of hydrogen-bond acceptors (Lipinski definition) is 5. The van der Waals surface area contributed by atoms with Crippen LogP contribution in [0.4, 0.5) is 5.95 Å². The van der Waals surface area contributed by atoms with Gasteiger partial charge in [-0.25, -0.2) is 4.98 Å². The second kappa shape index (κ2) is 6.76. The molecule has 3 rings (SSSR count). The van der Waals surface area contributed by atoms with Gasteiger partial charge in [0.25, 0.3) is 0 Å². The fourth-order valence-electron chi connectivity index (χ4n) is 2.61. The molecule has 1 amide bonds. The number of aromatic nitrogens is 2. The lowest BCUT2D eigenvalue weighted by molar-refractivity contribution is 0.100. The van der Waals surface area contributed by atoms with E-state index in [1.54, 1.807) is 12.1 Å². The van der Waals surface area contributed by atoms with Crippen molar-refractivity contribution < 1.29 is 9.53 Å². The molecule has 0 saturated heterocycles. The number of benzene rings is 2. The van der Waals surface area contributed by atoms with Crippen molar-refractivity contribution in [3.05, 3.63) is 59.2 Å². The molecule has 25 heavy (non-hydrogen) atoms. The van der Waals surface area contributed by atoms with Crippen LogP contribution in [0.5, 0.6) is 5.88 Å². The first-order valence-corrected chi connectivity index (χ1v) is 8.04. The number of fused-ring (bicyclic) bond motifs is 1. The van der Waals surface area contributed by atoms with Gasteiger partial charge in [0.2, 0.25) is 17.7 Å². The van der Waals surface area contributed by atoms with Crippen LogP contribution in [0.2, 0.25) is 0 Å². The molecule has 0 unspecified atom stereocenters. The van der Waals surface area contributed by atoms with Gasteiger partial charge in [-0.1, -0.05) is 18.2 Å². The minimum absolute atomic E-state index is 0.0116. The zero-order chi connectivity index (χ0) is 18.0. The fourth-order valence-corrected chi connectivity index (χ4v) is 2.61. The van der Waals surface area contributed by atoms with Crippen LogP contribution in [0.3, 0.4) is 0 Å². The Morgan fingerprint density at radius 1 is 1.08 bits per heavy atom. The molecular formula is C19H20N4O2. The Kier molecular flexibility index (Phi) is 4.52. The number of hydrogen-bond donors (Lipinski definition) is 2. The summed E-state index contributed by atoms with van der Waals surface area (Å²) in [4.78, 5) is 19.6. The first kappa shape index (κ1) is 16.7. The van der Waals surface area contributed by atoms with Crippen LogP contribution in [0.1, 0.15) is 35.3 Å². The molecule has 0 aliphatic rings. The zero-order valence-corrected chi connectivity index (χ0v) is 14.2. The molecule has 128 valence electrons. The molecule has 6 heteroatoms. The predicted octanol–water partition coefficient (Wildman–Crippen LogP) is 2.69. The summed E-state index contributed by atoms with van der Waals surface area (Å²) in [6.45, 7) is 3.88. The molecule has 0 atom stereocenters. The number of nitrogen functional groups attached to an aromatic ring is 1. The smallest absolute Gasteiger partial charge is 0.248 e. The minimum Gasteiger partial charge on any atom is -0.474 e. The maximum Gasteiger partial charge on any atom is 0.248 e. The number of nitrogens with two attached hydrogens (primary N) is 2. The number of primary amides is 1. The summed E-state index contributed by atoms with van der Waals surface area (Å²) in [5.41, 5.74) is 14.4. The molecule has 0 fully saturated rings. The lowest BCUT2D eigenvalue weighted by Crippen LogP contribution is -2.10. The number of nitrogens with zero attached hydrogens (tertiary/aromatic N) is 2. The zero-order valence-electron chi connectivity index (χ0n) is 14.2. The van der Waals surface area contributed by atoms with Gasteiger partial charge in [-0.3, -0.25) is 4.79 Å². The van der Waals surface area contributed by atoms with Crippen LogP contribution in [-0.4, -0.2) is 22.0 Å². The van der Waals surface area contributed by atoms with Gasteiger partial charge in [-0.2, -0.15) is 4.98 Å². The van der Waals surface area contributed by atoms with E-state index >= 15 is 0 Å². The first-order valence-electron chi connectivity index (χ1n) is 8.04. The normalized spacial score (nSPS) is 11.0. The Morgan fingerprint density at radius 2 is 1.76 bits per heavy atom. The van der Waals surface area contributed by atoms with Crippen molar-refractivity contribution in [2.24, 2.45) is 5.73 Å². The third-order valence-corrected chi connectivity index (χ3v) is 3.74. The van der Waals surface area contributed by atoms with Gasteiger partial charge in [0.15, 0.2) is 0 Å². The summed E-state index contributed by atoms with van der Waals surface area (Å²) in [6.07, 6.45) is 0.697. The van der Waals surface area contributed by atoms with E-state index < -0.39 is 5.91 Å². The fraction of sp³-hybridized carbons (Fsp3) is 0.211. The average Bonchev–Trinajstić information content (AvgIpc) is 2.55. The van der Waals surface area contributed by atoms with Crippen molar-refractivity contribution in [3.63, 3.8) is 0 Å². The molecule has 0 spiro atoms. The lowest BCUT2D eigenvalue weighted by Gasteiger charge is -2.12. The predicted molar refractivity (Wildman–Crippen MR) is 97.5 cm³/mol. The number of amides is 1. The van der Waals surface area contributed by atoms with Gasteiger partial charge in [-0.05, 0) is 55.7 Å². The minimum atomic E-state index is -0.428. The summed E-state index contributed by atoms with van der Waals surface area (Å²) in [6, 6.07) is 13.2. The average molecular weight is 336 g/mol. The second-order valence-electron chi connectivity index (χ2n) is 6.14. The van der Waals surface area contributed by atoms with E-state index in [4.69, 9.17) is 16.2 Å². The quantitative estimate of drug-likeness (QED) is 0.745. The van der Waals surface area contributed by atoms with Gasteiger partial charge in [-0.15, -0.1) is 0 Å². The molecule has 1 heterocycles. The third-order valence-electron chi connectivity index (χ3n) is 3.74. The van der Waals surface area contributed by atoms with Crippen LogP contribution < -0.4 is 16.2 Å². The standard InChI is InChI=1S/C19H20N4O2/c1-11(2)25-18-15-10-13(5-8-16(15)22-19(21)23-18)9-12-3-6-14(7-4-12)17(20)24/h3-8,10-11H,9H2,1-2H3,(H2,20,24)(H2,21,22,23). The van der Waals surface area contributed by atoms with E-state index in [1.165, 1.54) is 0 Å². The highest BCUT2D eigenvalue weighted by Gasteiger charge is 2.10. The highest BCUT2D eigenvalue weighted by molar-refractivity contribution is 5.92. The van der Waals surface area contributed by atoms with E-state index in [1.807, 2.05) is 44.2 Å². The van der Waals surface area contributed by atoms with Crippen molar-refractivity contribution in [1.29, 1.82) is 0 Å². The van der Waals surface area contributed by atoms with E-state index in [0.29, 0.717) is 17.9 Å². The summed E-state index contributed by atoms with van der Waals surface area (Å²) in [7, 11) is 0. The van der Waals surface area contributed by atoms with Crippen molar-refractivity contribution in [2.75, 3.05) is 5.73 Å². The maximum absolute atomic E-state index is 11.2. The van der Waals surface area contributed by atoms with Crippen LogP contribution in [0.25, 0.3) is 10.9 Å². The largest absolute Gasteiger partial charge is 0.474 e. The topological polar surface area (TPSA) is 104 Å². The van der Waals surface area contributed by atoms with Crippen molar-refractivity contribution >= 4 is 22.8 Å². The second-order valence-corrected chi connectivity index (χ2v) is 6.14. The molecule has 4 N–H and O–H groups in total. The van der Waals surface area contributed by atoms with E-state index in [9.17, 15) is 4.79 Å². The number of carbonyl (C=O) groups excluding carboxylic acids is 1. The monoisotopic (exact) mass is 336 g/mol. The SMILES string of the molecule is CC(C)Oc1nc(N)nc2ccc(Cc3ccc(C(N)=O)cc3)cc12. The van der Waals surface area contributed by atoms with Gasteiger partial charge >= 0.3 is 0 Å². The molecule has 0 aliphatic heterocycles. The molecular weight excluding hydrogens is 316 g/mol. The number of rotatable bonds is 5. The van der Waals surface area contributed by atoms with Gasteiger partial charge in [0, 0.05) is 5.56 Å². The Balaban J connectivity index is 1.94. The van der Waals surface area contributed by atoms with Gasteiger partial charge < -0.3 is 16.2 Å². The van der Waals surface area contributed by atoms with Crippen LogP contribution >= 0.6 is 0 Å². The van der Waals surface area contributed by atoms with Crippen LogP contribution in [-0.2, 0) is 6.42 Å².